The van der Waals surface area contributed by atoms with Crippen molar-refractivity contribution in [2.24, 2.45) is 0 Å². The third-order valence-electron chi connectivity index (χ3n) is 3.39. The predicted molar refractivity (Wildman–Crippen MR) is 73.4 cm³/mol. The first kappa shape index (κ1) is 14.4. The number of alkyl halides is 1. The number of rotatable bonds is 3. The molecule has 0 saturated carbocycles. The Kier molecular flexibility index (Phi) is 4.55. The Morgan fingerprint density at radius 1 is 1.53 bits per heavy atom. The molecular formula is C14H16BrF2NO. The number of hydrogen-bond acceptors (Lipinski definition) is 1. The Balaban J connectivity index is 2.20. The van der Waals surface area contributed by atoms with Crippen LogP contribution in [0.2, 0.25) is 0 Å². The molecule has 1 fully saturated rings. The highest BCUT2D eigenvalue weighted by molar-refractivity contribution is 9.09. The highest BCUT2D eigenvalue weighted by atomic mass is 79.9. The standard InChI is InChI=1S/C14H16BrF2NO/c1-9(15)7-11-3-2-6-18(11)14(19)12-8-10(16)4-5-13(12)17/h4-5,8-9,11H,2-3,6-7H2,1H3. The van der Waals surface area contributed by atoms with Gasteiger partial charge in [-0.2, -0.15) is 0 Å². The molecule has 0 bridgehead atoms. The monoisotopic (exact) mass is 331 g/mol. The van der Waals surface area contributed by atoms with Crippen molar-refractivity contribution in [1.29, 1.82) is 0 Å². The summed E-state index contributed by atoms with van der Waals surface area (Å²) >= 11 is 3.47. The fourth-order valence-corrected chi connectivity index (χ4v) is 2.97. The van der Waals surface area contributed by atoms with E-state index in [1.165, 1.54) is 0 Å². The number of carbonyl (C=O) groups excluding carboxylic acids is 1. The third-order valence-corrected chi connectivity index (χ3v) is 3.77. The molecule has 0 spiro atoms. The Bertz CT molecular complexity index is 479. The molecule has 1 aliphatic heterocycles. The maximum absolute atomic E-state index is 13.6. The molecule has 2 rings (SSSR count). The summed E-state index contributed by atoms with van der Waals surface area (Å²) in [5.74, 6) is -1.66. The fourth-order valence-electron chi connectivity index (χ4n) is 2.54. The second-order valence-electron chi connectivity index (χ2n) is 4.94. The molecule has 19 heavy (non-hydrogen) atoms. The van der Waals surface area contributed by atoms with Gasteiger partial charge in [0.2, 0.25) is 0 Å². The molecule has 0 radical (unpaired) electrons. The van der Waals surface area contributed by atoms with Gasteiger partial charge in [0.05, 0.1) is 5.56 Å². The minimum atomic E-state index is -0.663. The van der Waals surface area contributed by atoms with Gasteiger partial charge in [-0.15, -0.1) is 0 Å². The largest absolute Gasteiger partial charge is 0.336 e. The van der Waals surface area contributed by atoms with Crippen LogP contribution in [0.1, 0.15) is 36.5 Å². The third kappa shape index (κ3) is 3.32. The van der Waals surface area contributed by atoms with Crippen LogP contribution < -0.4 is 0 Å². The van der Waals surface area contributed by atoms with Gasteiger partial charge in [-0.25, -0.2) is 8.78 Å². The van der Waals surface area contributed by atoms with Crippen molar-refractivity contribution in [3.05, 3.63) is 35.4 Å². The van der Waals surface area contributed by atoms with Crippen molar-refractivity contribution < 1.29 is 13.6 Å². The van der Waals surface area contributed by atoms with E-state index in [4.69, 9.17) is 0 Å². The SMILES string of the molecule is CC(Br)CC1CCCN1C(=O)c1cc(F)ccc1F. The summed E-state index contributed by atoms with van der Waals surface area (Å²) in [6.45, 7) is 2.63. The van der Waals surface area contributed by atoms with Crippen LogP contribution in [0.25, 0.3) is 0 Å². The highest BCUT2D eigenvalue weighted by Crippen LogP contribution is 2.26. The second-order valence-corrected chi connectivity index (χ2v) is 6.50. The van der Waals surface area contributed by atoms with Crippen LogP contribution in [0.3, 0.4) is 0 Å². The quantitative estimate of drug-likeness (QED) is 0.772. The van der Waals surface area contributed by atoms with Crippen LogP contribution in [0.5, 0.6) is 0 Å². The molecule has 1 aromatic carbocycles. The Morgan fingerprint density at radius 2 is 2.26 bits per heavy atom. The van der Waals surface area contributed by atoms with Crippen LogP contribution in [-0.2, 0) is 0 Å². The lowest BCUT2D eigenvalue weighted by Gasteiger charge is -2.26. The van der Waals surface area contributed by atoms with Gasteiger partial charge in [-0.3, -0.25) is 4.79 Å². The summed E-state index contributed by atoms with van der Waals surface area (Å²) in [6.07, 6.45) is 2.65. The first-order valence-corrected chi connectivity index (χ1v) is 7.30. The zero-order valence-electron chi connectivity index (χ0n) is 10.7. The van der Waals surface area contributed by atoms with Crippen molar-refractivity contribution in [3.8, 4) is 0 Å². The van der Waals surface area contributed by atoms with Crippen LogP contribution in [0.4, 0.5) is 8.78 Å². The lowest BCUT2D eigenvalue weighted by atomic mass is 10.1. The zero-order valence-corrected chi connectivity index (χ0v) is 12.3. The molecule has 0 aliphatic carbocycles. The average molecular weight is 332 g/mol. The van der Waals surface area contributed by atoms with Crippen molar-refractivity contribution in [3.63, 3.8) is 0 Å². The lowest BCUT2D eigenvalue weighted by Crippen LogP contribution is -2.37. The van der Waals surface area contributed by atoms with Crippen LogP contribution >= 0.6 is 15.9 Å². The first-order valence-electron chi connectivity index (χ1n) is 6.39. The molecule has 2 nitrogen and oxygen atoms in total. The summed E-state index contributed by atoms with van der Waals surface area (Å²) in [7, 11) is 0. The number of benzene rings is 1. The van der Waals surface area contributed by atoms with E-state index in [9.17, 15) is 13.6 Å². The van der Waals surface area contributed by atoms with Gasteiger partial charge < -0.3 is 4.90 Å². The smallest absolute Gasteiger partial charge is 0.257 e. The van der Waals surface area contributed by atoms with E-state index in [1.54, 1.807) is 4.90 Å². The summed E-state index contributed by atoms with van der Waals surface area (Å²) in [5, 5.41) is 0. The fraction of sp³-hybridized carbons (Fsp3) is 0.500. The summed E-state index contributed by atoms with van der Waals surface area (Å²) in [6, 6.07) is 3.10. The normalized spacial score (nSPS) is 20.6. The molecule has 0 aromatic heterocycles. The number of halogens is 3. The molecule has 1 saturated heterocycles. The first-order chi connectivity index (χ1) is 8.99. The maximum atomic E-state index is 13.6. The van der Waals surface area contributed by atoms with Crippen molar-refractivity contribution in [2.45, 2.75) is 37.1 Å². The van der Waals surface area contributed by atoms with Crippen molar-refractivity contribution >= 4 is 21.8 Å². The molecule has 1 amide bonds. The maximum Gasteiger partial charge on any atom is 0.257 e. The van der Waals surface area contributed by atoms with Gasteiger partial charge in [0.15, 0.2) is 0 Å². The molecule has 0 N–H and O–H groups in total. The van der Waals surface area contributed by atoms with E-state index in [-0.39, 0.29) is 11.6 Å². The summed E-state index contributed by atoms with van der Waals surface area (Å²) < 4.78 is 26.8. The Hall–Kier alpha value is -0.970. The Labute approximate surface area is 119 Å². The van der Waals surface area contributed by atoms with E-state index >= 15 is 0 Å². The Morgan fingerprint density at radius 3 is 2.95 bits per heavy atom. The van der Waals surface area contributed by atoms with E-state index < -0.39 is 17.5 Å². The minimum Gasteiger partial charge on any atom is -0.336 e. The van der Waals surface area contributed by atoms with Crippen LogP contribution in [-0.4, -0.2) is 28.2 Å². The van der Waals surface area contributed by atoms with Gasteiger partial charge in [0.25, 0.3) is 5.91 Å². The van der Waals surface area contributed by atoms with Crippen molar-refractivity contribution in [2.75, 3.05) is 6.54 Å². The molecule has 1 heterocycles. The van der Waals surface area contributed by atoms with Gasteiger partial charge in [0, 0.05) is 17.4 Å². The van der Waals surface area contributed by atoms with Crippen LogP contribution in [0.15, 0.2) is 18.2 Å². The van der Waals surface area contributed by atoms with Gasteiger partial charge >= 0.3 is 0 Å². The average Bonchev–Trinajstić information content (AvgIpc) is 2.78. The zero-order chi connectivity index (χ0) is 14.0. The molecule has 104 valence electrons. The molecule has 1 aromatic rings. The number of likely N-dealkylation sites (tertiary alicyclic amines) is 1. The number of nitrogens with zero attached hydrogens (tertiary/aromatic N) is 1. The molecular weight excluding hydrogens is 316 g/mol. The summed E-state index contributed by atoms with van der Waals surface area (Å²) in [5.41, 5.74) is -0.172. The second kappa shape index (κ2) is 5.99. The number of amides is 1. The molecule has 2 atom stereocenters. The molecule has 1 aliphatic rings. The number of carbonyl (C=O) groups is 1. The summed E-state index contributed by atoms with van der Waals surface area (Å²) in [4.78, 5) is 14.3. The molecule has 5 heteroatoms. The van der Waals surface area contributed by atoms with E-state index in [2.05, 4.69) is 15.9 Å². The minimum absolute atomic E-state index is 0.101. The predicted octanol–water partition coefficient (Wildman–Crippen LogP) is 3.74. The lowest BCUT2D eigenvalue weighted by molar-refractivity contribution is 0.0726. The van der Waals surface area contributed by atoms with Gasteiger partial charge in [-0.05, 0) is 37.5 Å². The number of hydrogen-bond donors (Lipinski definition) is 0. The van der Waals surface area contributed by atoms with E-state index in [1.807, 2.05) is 6.92 Å². The van der Waals surface area contributed by atoms with Crippen LogP contribution in [0, 0.1) is 11.6 Å². The molecule has 2 unspecified atom stereocenters. The van der Waals surface area contributed by atoms with Crippen molar-refractivity contribution in [1.82, 2.24) is 4.90 Å². The van der Waals surface area contributed by atoms with E-state index in [0.717, 1.165) is 37.5 Å². The van der Waals surface area contributed by atoms with Gasteiger partial charge in [-0.1, -0.05) is 22.9 Å². The highest BCUT2D eigenvalue weighted by Gasteiger charge is 2.31. The topological polar surface area (TPSA) is 20.3 Å². The van der Waals surface area contributed by atoms with Gasteiger partial charge in [0.1, 0.15) is 11.6 Å². The van der Waals surface area contributed by atoms with E-state index in [0.29, 0.717) is 11.4 Å².